The molecule has 8 nitrogen and oxygen atoms in total. The smallest absolute Gasteiger partial charge is 0.326 e. The summed E-state index contributed by atoms with van der Waals surface area (Å²) < 4.78 is 18.3. The van der Waals surface area contributed by atoms with Crippen molar-refractivity contribution in [2.24, 2.45) is 5.73 Å². The summed E-state index contributed by atoms with van der Waals surface area (Å²) in [6.07, 6.45) is 1.71. The molecule has 0 bridgehead atoms. The van der Waals surface area contributed by atoms with Crippen molar-refractivity contribution in [1.82, 2.24) is 15.0 Å². The Kier molecular flexibility index (Phi) is 5.18. The van der Waals surface area contributed by atoms with E-state index in [0.717, 1.165) is 5.56 Å². The first-order valence-corrected chi connectivity index (χ1v) is 9.43. The number of aryl methyl sites for hydroxylation is 1. The Hall–Kier alpha value is -3.75. The monoisotopic (exact) mass is 409 g/mol. The molecule has 0 unspecified atom stereocenters. The minimum atomic E-state index is -0.608. The van der Waals surface area contributed by atoms with Gasteiger partial charge in [-0.1, -0.05) is 17.3 Å². The number of carbonyl (C=O) groups is 2. The second kappa shape index (κ2) is 7.94. The number of urea groups is 1. The van der Waals surface area contributed by atoms with Crippen LogP contribution in [0.5, 0.6) is 0 Å². The second-order valence-corrected chi connectivity index (χ2v) is 7.11. The van der Waals surface area contributed by atoms with E-state index < -0.39 is 5.91 Å². The van der Waals surface area contributed by atoms with Crippen molar-refractivity contribution in [3.05, 3.63) is 76.6 Å². The van der Waals surface area contributed by atoms with Crippen molar-refractivity contribution in [2.75, 3.05) is 18.0 Å². The number of pyridine rings is 1. The van der Waals surface area contributed by atoms with Gasteiger partial charge < -0.3 is 15.2 Å². The van der Waals surface area contributed by atoms with E-state index in [1.54, 1.807) is 30.0 Å². The van der Waals surface area contributed by atoms with Gasteiger partial charge in [0.15, 0.2) is 0 Å². The van der Waals surface area contributed by atoms with E-state index in [9.17, 15) is 14.0 Å². The lowest BCUT2D eigenvalue weighted by Gasteiger charge is -2.21. The van der Waals surface area contributed by atoms with Crippen molar-refractivity contribution in [2.45, 2.75) is 19.9 Å². The van der Waals surface area contributed by atoms with Crippen molar-refractivity contribution in [3.8, 4) is 0 Å². The molecule has 3 heterocycles. The van der Waals surface area contributed by atoms with Gasteiger partial charge >= 0.3 is 6.03 Å². The van der Waals surface area contributed by atoms with Crippen LogP contribution in [0.1, 0.15) is 32.9 Å². The number of carbonyl (C=O) groups excluding carboxylic acids is 2. The van der Waals surface area contributed by atoms with Crippen molar-refractivity contribution < 1.29 is 18.5 Å². The van der Waals surface area contributed by atoms with Gasteiger partial charge in [-0.15, -0.1) is 0 Å². The molecule has 3 aromatic rings. The fraction of sp³-hybridized carbons (Fsp3) is 0.238. The quantitative estimate of drug-likeness (QED) is 0.674. The molecule has 0 radical (unpaired) electrons. The Morgan fingerprint density at radius 2 is 2.00 bits per heavy atom. The number of anilines is 1. The molecule has 1 aliphatic rings. The number of nitrogens with zero attached hydrogens (tertiary/aromatic N) is 4. The van der Waals surface area contributed by atoms with Crippen LogP contribution in [0.25, 0.3) is 0 Å². The van der Waals surface area contributed by atoms with Crippen molar-refractivity contribution in [1.29, 1.82) is 0 Å². The molecule has 0 atom stereocenters. The fourth-order valence-corrected chi connectivity index (χ4v) is 3.54. The van der Waals surface area contributed by atoms with E-state index in [4.69, 9.17) is 10.3 Å². The van der Waals surface area contributed by atoms with Gasteiger partial charge in [0, 0.05) is 49.4 Å². The molecule has 2 N–H and O–H groups in total. The van der Waals surface area contributed by atoms with E-state index >= 15 is 0 Å². The zero-order chi connectivity index (χ0) is 21.3. The summed E-state index contributed by atoms with van der Waals surface area (Å²) in [4.78, 5) is 32.6. The van der Waals surface area contributed by atoms with Crippen molar-refractivity contribution in [3.63, 3.8) is 0 Å². The molecular weight excluding hydrogens is 389 g/mol. The fourth-order valence-electron chi connectivity index (χ4n) is 3.54. The largest absolute Gasteiger partial charge is 0.366 e. The summed E-state index contributed by atoms with van der Waals surface area (Å²) in [6, 6.07) is 9.07. The number of benzene rings is 1. The van der Waals surface area contributed by atoms with Crippen LogP contribution >= 0.6 is 0 Å². The Morgan fingerprint density at radius 1 is 1.23 bits per heavy atom. The minimum absolute atomic E-state index is 0.244. The molecule has 0 aliphatic carbocycles. The topological polar surface area (TPSA) is 106 Å². The highest BCUT2D eigenvalue weighted by Gasteiger charge is 2.33. The van der Waals surface area contributed by atoms with E-state index in [1.807, 2.05) is 0 Å². The Morgan fingerprint density at radius 3 is 2.67 bits per heavy atom. The molecule has 9 heteroatoms. The van der Waals surface area contributed by atoms with Crippen LogP contribution in [0.15, 0.2) is 47.1 Å². The second-order valence-electron chi connectivity index (χ2n) is 7.11. The molecule has 1 fully saturated rings. The zero-order valence-electron chi connectivity index (χ0n) is 16.3. The third-order valence-corrected chi connectivity index (χ3v) is 4.97. The summed E-state index contributed by atoms with van der Waals surface area (Å²) in [5, 5.41) is 3.98. The highest BCUT2D eigenvalue weighted by Crippen LogP contribution is 2.28. The summed E-state index contributed by atoms with van der Waals surface area (Å²) in [5.41, 5.74) is 7.80. The highest BCUT2D eigenvalue weighted by molar-refractivity contribution is 5.99. The summed E-state index contributed by atoms with van der Waals surface area (Å²) >= 11 is 0. The lowest BCUT2D eigenvalue weighted by atomic mass is 10.0. The highest BCUT2D eigenvalue weighted by atomic mass is 19.1. The van der Waals surface area contributed by atoms with Crippen LogP contribution in [0.3, 0.4) is 0 Å². The average molecular weight is 409 g/mol. The van der Waals surface area contributed by atoms with Crippen LogP contribution in [0.4, 0.5) is 15.0 Å². The number of amides is 3. The van der Waals surface area contributed by atoms with Crippen LogP contribution < -0.4 is 10.6 Å². The predicted octanol–water partition coefficient (Wildman–Crippen LogP) is 2.65. The van der Waals surface area contributed by atoms with Crippen molar-refractivity contribution >= 4 is 17.8 Å². The number of halogens is 1. The molecule has 0 spiro atoms. The molecule has 1 aromatic carbocycles. The zero-order valence-corrected chi connectivity index (χ0v) is 16.3. The number of aromatic nitrogens is 2. The average Bonchev–Trinajstić information content (AvgIpc) is 3.29. The maximum Gasteiger partial charge on any atom is 0.326 e. The van der Waals surface area contributed by atoms with E-state index in [1.165, 1.54) is 29.3 Å². The number of rotatable bonds is 6. The molecule has 154 valence electrons. The number of hydrogen-bond acceptors (Lipinski definition) is 5. The van der Waals surface area contributed by atoms with Gasteiger partial charge in [-0.05, 0) is 30.7 Å². The van der Waals surface area contributed by atoms with Crippen LogP contribution in [-0.4, -0.2) is 40.1 Å². The number of hydrogen-bond donors (Lipinski definition) is 1. The molecule has 0 saturated carbocycles. The SMILES string of the molecule is Cc1cc(Cc2c(C(N)=O)ccnc2N2CCN(Cc3ccc(F)cc3)C2=O)no1. The van der Waals surface area contributed by atoms with E-state index in [0.29, 0.717) is 42.5 Å². The first kappa shape index (κ1) is 19.6. The van der Waals surface area contributed by atoms with Crippen LogP contribution in [-0.2, 0) is 13.0 Å². The predicted molar refractivity (Wildman–Crippen MR) is 106 cm³/mol. The standard InChI is InChI=1S/C21H20FN5O3/c1-13-10-16(25-30-13)11-18-17(19(23)28)6-7-24-20(18)27-9-8-26(21(27)29)12-14-2-4-15(22)5-3-14/h2-7,10H,8-9,11-12H2,1H3,(H2,23,28). The molecule has 1 aliphatic heterocycles. The first-order chi connectivity index (χ1) is 14.4. The molecule has 4 rings (SSSR count). The summed E-state index contributed by atoms with van der Waals surface area (Å²) in [6.45, 7) is 3.00. The third kappa shape index (κ3) is 3.86. The van der Waals surface area contributed by atoms with Gasteiger partial charge in [-0.3, -0.25) is 9.69 Å². The molecule has 2 aromatic heterocycles. The lowest BCUT2D eigenvalue weighted by molar-refractivity contribution is 0.0999. The Bertz CT molecular complexity index is 1100. The van der Waals surface area contributed by atoms with Gasteiger partial charge in [0.2, 0.25) is 5.91 Å². The summed E-state index contributed by atoms with van der Waals surface area (Å²) in [5.74, 6) is 0.0781. The number of primary amides is 1. The van der Waals surface area contributed by atoms with E-state index in [2.05, 4.69) is 10.1 Å². The maximum absolute atomic E-state index is 13.1. The van der Waals surface area contributed by atoms with Crippen LogP contribution in [0, 0.1) is 12.7 Å². The van der Waals surface area contributed by atoms with Gasteiger partial charge in [0.25, 0.3) is 0 Å². The summed E-state index contributed by atoms with van der Waals surface area (Å²) in [7, 11) is 0. The Labute approximate surface area is 172 Å². The van der Waals surface area contributed by atoms with E-state index in [-0.39, 0.29) is 23.8 Å². The van der Waals surface area contributed by atoms with Gasteiger partial charge in [-0.2, -0.15) is 0 Å². The van der Waals surface area contributed by atoms with Gasteiger partial charge in [-0.25, -0.2) is 14.2 Å². The van der Waals surface area contributed by atoms with Gasteiger partial charge in [0.05, 0.1) is 5.69 Å². The lowest BCUT2D eigenvalue weighted by Crippen LogP contribution is -2.33. The van der Waals surface area contributed by atoms with Crippen LogP contribution in [0.2, 0.25) is 0 Å². The third-order valence-electron chi connectivity index (χ3n) is 4.97. The molecule has 3 amide bonds. The Balaban J connectivity index is 1.63. The molecule has 30 heavy (non-hydrogen) atoms. The first-order valence-electron chi connectivity index (χ1n) is 9.43. The minimum Gasteiger partial charge on any atom is -0.366 e. The maximum atomic E-state index is 13.1. The normalized spacial score (nSPS) is 13.9. The van der Waals surface area contributed by atoms with Gasteiger partial charge in [0.1, 0.15) is 17.4 Å². The number of nitrogens with two attached hydrogens (primary N) is 1. The molecule has 1 saturated heterocycles. The molecular formula is C21H20FN5O3.